The maximum absolute atomic E-state index is 6.09. The monoisotopic (exact) mass is 309 g/mol. The molecular weight excluding hydrogens is 282 g/mol. The van der Waals surface area contributed by atoms with E-state index >= 15 is 0 Å². The first-order valence-electron chi connectivity index (χ1n) is 8.82. The molecular formula is C21H27NO. The molecule has 1 heterocycles. The lowest BCUT2D eigenvalue weighted by Crippen LogP contribution is -2.21. The van der Waals surface area contributed by atoms with Gasteiger partial charge in [-0.15, -0.1) is 0 Å². The number of nitrogen functional groups attached to an aromatic ring is 1. The second-order valence-corrected chi connectivity index (χ2v) is 6.69. The van der Waals surface area contributed by atoms with Crippen LogP contribution in [-0.4, -0.2) is 6.61 Å². The molecule has 0 amide bonds. The lowest BCUT2D eigenvalue weighted by atomic mass is 9.80. The van der Waals surface area contributed by atoms with Crippen LogP contribution in [0.4, 0.5) is 5.69 Å². The van der Waals surface area contributed by atoms with Crippen LogP contribution in [-0.2, 0) is 0 Å². The summed E-state index contributed by atoms with van der Waals surface area (Å²) in [4.78, 5) is 0. The summed E-state index contributed by atoms with van der Waals surface area (Å²) in [6.45, 7) is 5.28. The number of hydrogen-bond acceptors (Lipinski definition) is 2. The third-order valence-corrected chi connectivity index (χ3v) is 5.02. The minimum atomic E-state index is 0.450. The Labute approximate surface area is 139 Å². The number of fused-ring (bicyclic) bond motifs is 2. The molecule has 2 aliphatic rings. The van der Waals surface area contributed by atoms with Crippen molar-refractivity contribution < 1.29 is 4.74 Å². The summed E-state index contributed by atoms with van der Waals surface area (Å²) >= 11 is 0. The second kappa shape index (κ2) is 7.08. The van der Waals surface area contributed by atoms with Gasteiger partial charge in [-0.1, -0.05) is 69.5 Å². The van der Waals surface area contributed by atoms with E-state index in [2.05, 4.69) is 44.2 Å². The van der Waals surface area contributed by atoms with Crippen molar-refractivity contribution in [1.82, 2.24) is 0 Å². The topological polar surface area (TPSA) is 35.2 Å². The van der Waals surface area contributed by atoms with Gasteiger partial charge in [-0.3, -0.25) is 0 Å². The number of benzene rings is 1. The molecule has 0 saturated heterocycles. The van der Waals surface area contributed by atoms with Crippen molar-refractivity contribution in [3.05, 3.63) is 53.6 Å². The quantitative estimate of drug-likeness (QED) is 0.586. The van der Waals surface area contributed by atoms with E-state index in [9.17, 15) is 0 Å². The van der Waals surface area contributed by atoms with Gasteiger partial charge in [-0.05, 0) is 29.6 Å². The largest absolute Gasteiger partial charge is 0.486 e. The van der Waals surface area contributed by atoms with Gasteiger partial charge in [0.15, 0.2) is 0 Å². The van der Waals surface area contributed by atoms with Crippen LogP contribution in [0.15, 0.2) is 48.1 Å². The van der Waals surface area contributed by atoms with E-state index in [0.717, 1.165) is 17.0 Å². The van der Waals surface area contributed by atoms with Crippen LogP contribution in [0.3, 0.4) is 0 Å². The lowest BCUT2D eigenvalue weighted by molar-refractivity contribution is 0.315. The molecule has 1 aromatic carbocycles. The number of anilines is 1. The zero-order chi connectivity index (χ0) is 16.2. The molecule has 3 rings (SSSR count). The first-order chi connectivity index (χ1) is 11.2. The standard InChI is InChI=1S/C21H27NO/c1-3-4-5-9-15(2)16-10-6-7-11-17-18-12-8-13-20(22)21(18)23-14-19(16)17/h6-8,10-13,15-16H,3-5,9,14,22H2,1-2H3. The number of nitrogens with two attached hydrogens (primary N) is 1. The molecule has 0 bridgehead atoms. The first kappa shape index (κ1) is 15.9. The van der Waals surface area contributed by atoms with Crippen molar-refractivity contribution in [2.45, 2.75) is 39.5 Å². The number of hydrogen-bond donors (Lipinski definition) is 1. The average Bonchev–Trinajstić information content (AvgIpc) is 2.78. The maximum atomic E-state index is 6.09. The van der Waals surface area contributed by atoms with Crippen molar-refractivity contribution in [2.75, 3.05) is 12.3 Å². The summed E-state index contributed by atoms with van der Waals surface area (Å²) in [5, 5.41) is 0. The number of rotatable bonds is 5. The summed E-state index contributed by atoms with van der Waals surface area (Å²) in [5.41, 5.74) is 10.7. The average molecular weight is 309 g/mol. The molecule has 0 saturated carbocycles. The number of allylic oxidation sites excluding steroid dienone is 5. The van der Waals surface area contributed by atoms with Crippen molar-refractivity contribution in [3.8, 4) is 5.75 Å². The molecule has 2 nitrogen and oxygen atoms in total. The van der Waals surface area contributed by atoms with Gasteiger partial charge in [-0.25, -0.2) is 0 Å². The first-order valence-corrected chi connectivity index (χ1v) is 8.82. The minimum absolute atomic E-state index is 0.450. The lowest BCUT2D eigenvalue weighted by Gasteiger charge is -2.30. The van der Waals surface area contributed by atoms with Crippen LogP contribution < -0.4 is 10.5 Å². The Morgan fingerprint density at radius 1 is 1.26 bits per heavy atom. The molecule has 2 heteroatoms. The van der Waals surface area contributed by atoms with E-state index in [1.165, 1.54) is 36.8 Å². The molecule has 122 valence electrons. The van der Waals surface area contributed by atoms with Crippen molar-refractivity contribution in [3.63, 3.8) is 0 Å². The predicted octanol–water partition coefficient (Wildman–Crippen LogP) is 5.37. The Morgan fingerprint density at radius 2 is 2.13 bits per heavy atom. The van der Waals surface area contributed by atoms with Gasteiger partial charge in [0.25, 0.3) is 0 Å². The Bertz CT molecular complexity index is 654. The van der Waals surface area contributed by atoms with Gasteiger partial charge in [0.2, 0.25) is 0 Å². The van der Waals surface area contributed by atoms with Crippen LogP contribution in [0.1, 0.15) is 45.1 Å². The van der Waals surface area contributed by atoms with E-state index in [4.69, 9.17) is 10.5 Å². The van der Waals surface area contributed by atoms with Gasteiger partial charge < -0.3 is 10.5 Å². The molecule has 0 fully saturated rings. The summed E-state index contributed by atoms with van der Waals surface area (Å²) in [5.74, 6) is 1.93. The molecule has 2 N–H and O–H groups in total. The highest BCUT2D eigenvalue weighted by Crippen LogP contribution is 2.43. The van der Waals surface area contributed by atoms with E-state index in [1.807, 2.05) is 12.1 Å². The highest BCUT2D eigenvalue weighted by Gasteiger charge is 2.28. The van der Waals surface area contributed by atoms with Crippen molar-refractivity contribution in [1.29, 1.82) is 0 Å². The molecule has 2 unspecified atom stereocenters. The molecule has 23 heavy (non-hydrogen) atoms. The molecule has 1 aliphatic heterocycles. The van der Waals surface area contributed by atoms with Gasteiger partial charge >= 0.3 is 0 Å². The number of ether oxygens (including phenoxy) is 1. The highest BCUT2D eigenvalue weighted by atomic mass is 16.5. The van der Waals surface area contributed by atoms with Crippen molar-refractivity contribution in [2.24, 2.45) is 11.8 Å². The Kier molecular flexibility index (Phi) is 4.90. The van der Waals surface area contributed by atoms with Gasteiger partial charge in [0.1, 0.15) is 12.4 Å². The molecule has 0 spiro atoms. The summed E-state index contributed by atoms with van der Waals surface area (Å²) < 4.78 is 6.03. The van der Waals surface area contributed by atoms with E-state index in [1.54, 1.807) is 0 Å². The normalized spacial score (nSPS) is 20.5. The Morgan fingerprint density at radius 3 is 2.96 bits per heavy atom. The molecule has 0 aromatic heterocycles. The summed E-state index contributed by atoms with van der Waals surface area (Å²) in [6.07, 6.45) is 14.1. The van der Waals surface area contributed by atoms with Gasteiger partial charge in [0, 0.05) is 11.5 Å². The fourth-order valence-electron chi connectivity index (χ4n) is 3.68. The molecule has 1 aliphatic carbocycles. The van der Waals surface area contributed by atoms with E-state index in [-0.39, 0.29) is 0 Å². The summed E-state index contributed by atoms with van der Waals surface area (Å²) in [7, 11) is 0. The van der Waals surface area contributed by atoms with Crippen LogP contribution in [0.2, 0.25) is 0 Å². The van der Waals surface area contributed by atoms with Crippen LogP contribution in [0, 0.1) is 11.8 Å². The number of unbranched alkanes of at least 4 members (excludes halogenated alkanes) is 2. The third kappa shape index (κ3) is 3.21. The predicted molar refractivity (Wildman–Crippen MR) is 98.3 cm³/mol. The molecule has 1 aromatic rings. The number of para-hydroxylation sites is 1. The van der Waals surface area contributed by atoms with E-state index in [0.29, 0.717) is 18.4 Å². The zero-order valence-corrected chi connectivity index (χ0v) is 14.2. The SMILES string of the molecule is CCCCCC(C)C1C=CC=CC2=C1COc1c(N)cccc12. The molecule has 2 atom stereocenters. The van der Waals surface area contributed by atoms with Crippen LogP contribution in [0.25, 0.3) is 5.57 Å². The van der Waals surface area contributed by atoms with Gasteiger partial charge in [0.05, 0.1) is 5.69 Å². The summed E-state index contributed by atoms with van der Waals surface area (Å²) in [6, 6.07) is 6.04. The Hall–Kier alpha value is -1.96. The zero-order valence-electron chi connectivity index (χ0n) is 14.2. The maximum Gasteiger partial charge on any atom is 0.150 e. The van der Waals surface area contributed by atoms with Gasteiger partial charge in [-0.2, -0.15) is 0 Å². The van der Waals surface area contributed by atoms with E-state index < -0.39 is 0 Å². The smallest absolute Gasteiger partial charge is 0.150 e. The fourth-order valence-corrected chi connectivity index (χ4v) is 3.68. The van der Waals surface area contributed by atoms with Crippen LogP contribution >= 0.6 is 0 Å². The van der Waals surface area contributed by atoms with Crippen molar-refractivity contribution >= 4 is 11.3 Å². The second-order valence-electron chi connectivity index (χ2n) is 6.69. The highest BCUT2D eigenvalue weighted by molar-refractivity contribution is 5.85. The third-order valence-electron chi connectivity index (χ3n) is 5.02. The fraction of sp³-hybridized carbons (Fsp3) is 0.429. The van der Waals surface area contributed by atoms with Crippen LogP contribution in [0.5, 0.6) is 5.75 Å². The Balaban J connectivity index is 1.93. The molecule has 0 radical (unpaired) electrons. The minimum Gasteiger partial charge on any atom is -0.486 e.